The van der Waals surface area contributed by atoms with Crippen molar-refractivity contribution in [3.05, 3.63) is 47.4 Å². The Kier molecular flexibility index (Phi) is 6.98. The van der Waals surface area contributed by atoms with Crippen LogP contribution in [0.4, 0.5) is 0 Å². The predicted octanol–water partition coefficient (Wildman–Crippen LogP) is 4.63. The van der Waals surface area contributed by atoms with Crippen molar-refractivity contribution in [2.75, 3.05) is 0 Å². The van der Waals surface area contributed by atoms with Crippen LogP contribution in [-0.4, -0.2) is 22.1 Å². The van der Waals surface area contributed by atoms with Crippen molar-refractivity contribution in [1.82, 2.24) is 0 Å². The first-order chi connectivity index (χ1) is 9.70. The number of hydrogen-bond donors (Lipinski definition) is 1. The summed E-state index contributed by atoms with van der Waals surface area (Å²) in [5, 5.41) is 10.4. The van der Waals surface area contributed by atoms with Crippen LogP contribution in [0.5, 0.6) is 0 Å². The molecule has 0 aliphatic rings. The molecule has 21 heavy (non-hydrogen) atoms. The zero-order chi connectivity index (χ0) is 16.0. The molecule has 118 valence electrons. The molecule has 0 unspecified atom stereocenters. The van der Waals surface area contributed by atoms with Crippen LogP contribution in [0.3, 0.4) is 0 Å². The summed E-state index contributed by atoms with van der Waals surface area (Å²) in [6, 6.07) is 10.0. The van der Waals surface area contributed by atoms with Crippen molar-refractivity contribution in [2.45, 2.75) is 58.2 Å². The third kappa shape index (κ3) is 6.68. The zero-order valence-corrected chi connectivity index (χ0v) is 14.6. The number of aliphatic hydroxyl groups excluding tert-OH is 1. The van der Waals surface area contributed by atoms with E-state index in [9.17, 15) is 5.11 Å². The van der Waals surface area contributed by atoms with Crippen LogP contribution in [-0.2, 0) is 11.3 Å². The first-order valence-corrected chi connectivity index (χ1v) is 8.24. The fourth-order valence-corrected chi connectivity index (χ4v) is 3.10. The molecule has 0 aliphatic heterocycles. The second-order valence-electron chi connectivity index (χ2n) is 6.46. The Morgan fingerprint density at radius 2 is 1.81 bits per heavy atom. The molecule has 0 aliphatic carbocycles. The van der Waals surface area contributed by atoms with Gasteiger partial charge in [-0.3, -0.25) is 0 Å². The van der Waals surface area contributed by atoms with Gasteiger partial charge in [-0.25, -0.2) is 0 Å². The van der Waals surface area contributed by atoms with Crippen molar-refractivity contribution in [3.8, 4) is 0 Å². The summed E-state index contributed by atoms with van der Waals surface area (Å²) in [4.78, 5) is 1.00. The molecule has 0 aromatic heterocycles. The molecule has 0 bridgehead atoms. The first kappa shape index (κ1) is 18.3. The van der Waals surface area contributed by atoms with Gasteiger partial charge in [0.15, 0.2) is 0 Å². The van der Waals surface area contributed by atoms with Crippen LogP contribution in [0, 0.1) is 5.92 Å². The molecule has 3 atom stereocenters. The minimum Gasteiger partial charge on any atom is -0.390 e. The number of ether oxygens (including phenoxy) is 1. The fourth-order valence-electron chi connectivity index (χ4n) is 1.98. The van der Waals surface area contributed by atoms with Gasteiger partial charge in [0, 0.05) is 10.7 Å². The lowest BCUT2D eigenvalue weighted by Gasteiger charge is -2.29. The molecule has 0 saturated carbocycles. The second-order valence-corrected chi connectivity index (χ2v) is 8.41. The molecule has 0 radical (unpaired) electrons. The van der Waals surface area contributed by atoms with Crippen molar-refractivity contribution in [2.24, 2.45) is 5.92 Å². The van der Waals surface area contributed by atoms with Crippen LogP contribution in [0.2, 0.25) is 0 Å². The lowest BCUT2D eigenvalue weighted by atomic mass is 10.0. The minimum absolute atomic E-state index is 0.00000152. The maximum atomic E-state index is 10.4. The smallest absolute Gasteiger partial charge is 0.0869 e. The molecule has 1 aromatic carbocycles. The molecule has 2 nitrogen and oxygen atoms in total. The zero-order valence-electron chi connectivity index (χ0n) is 13.8. The Morgan fingerprint density at radius 3 is 2.33 bits per heavy atom. The van der Waals surface area contributed by atoms with Crippen LogP contribution in [0.25, 0.3) is 0 Å². The molecule has 0 heterocycles. The lowest BCUT2D eigenvalue weighted by Crippen LogP contribution is -2.33. The van der Waals surface area contributed by atoms with Crippen molar-refractivity contribution >= 4 is 11.8 Å². The largest absolute Gasteiger partial charge is 0.390 e. The van der Waals surface area contributed by atoms with Crippen LogP contribution in [0.15, 0.2) is 41.8 Å². The van der Waals surface area contributed by atoms with E-state index >= 15 is 0 Å². The fraction of sp³-hybridized carbons (Fsp3) is 0.556. The van der Waals surface area contributed by atoms with E-state index in [-0.39, 0.29) is 16.8 Å². The molecule has 1 N–H and O–H groups in total. The van der Waals surface area contributed by atoms with Crippen LogP contribution in [0.1, 0.15) is 40.2 Å². The number of hydrogen-bond acceptors (Lipinski definition) is 3. The molecule has 0 spiro atoms. The van der Waals surface area contributed by atoms with E-state index in [0.717, 1.165) is 10.5 Å². The Morgan fingerprint density at radius 1 is 1.24 bits per heavy atom. The third-order valence-corrected chi connectivity index (χ3v) is 4.54. The minimum atomic E-state index is -0.545. The van der Waals surface area contributed by atoms with Gasteiger partial charge in [-0.2, -0.15) is 0 Å². The number of thioether (sulfide) groups is 1. The van der Waals surface area contributed by atoms with Gasteiger partial charge in [0.2, 0.25) is 0 Å². The summed E-state index contributed by atoms with van der Waals surface area (Å²) in [6.45, 7) is 15.0. The number of rotatable bonds is 7. The summed E-state index contributed by atoms with van der Waals surface area (Å²) in [7, 11) is 0. The summed E-state index contributed by atoms with van der Waals surface area (Å²) >= 11 is 1.72. The molecule has 0 saturated heterocycles. The normalized spacial score (nSPS) is 16.3. The molecule has 0 amide bonds. The quantitative estimate of drug-likeness (QED) is 0.796. The summed E-state index contributed by atoms with van der Waals surface area (Å²) in [5.74, 6) is -0.00000152. The Balaban J connectivity index is 2.49. The van der Waals surface area contributed by atoms with Crippen molar-refractivity contribution in [3.63, 3.8) is 0 Å². The van der Waals surface area contributed by atoms with Gasteiger partial charge in [-0.15, -0.1) is 11.8 Å². The van der Waals surface area contributed by atoms with E-state index in [4.69, 9.17) is 4.74 Å². The van der Waals surface area contributed by atoms with E-state index in [2.05, 4.69) is 27.4 Å². The van der Waals surface area contributed by atoms with Gasteiger partial charge in [-0.1, -0.05) is 64.6 Å². The van der Waals surface area contributed by atoms with Crippen molar-refractivity contribution < 1.29 is 9.84 Å². The van der Waals surface area contributed by atoms with E-state index in [1.54, 1.807) is 11.8 Å². The standard InChI is InChI=1S/C18H28O2S/c1-13(15(3)21-18(4,5)6)17(19)14(2)20-12-16-10-8-7-9-11-16/h7-11,13-14,17,19H,3,12H2,1-2,4-6H3/t13-,14+,17+/m0/s1. The average molecular weight is 308 g/mol. The number of benzene rings is 1. The highest BCUT2D eigenvalue weighted by Gasteiger charge is 2.26. The monoisotopic (exact) mass is 308 g/mol. The SMILES string of the molecule is C=C(SC(C)(C)C)[C@H](C)[C@@H](O)[C@@H](C)OCc1ccccc1. The topological polar surface area (TPSA) is 29.5 Å². The highest BCUT2D eigenvalue weighted by Crippen LogP contribution is 2.36. The number of aliphatic hydroxyl groups is 1. The Bertz CT molecular complexity index is 436. The Hall–Kier alpha value is -0.770. The second kappa shape index (κ2) is 8.02. The highest BCUT2D eigenvalue weighted by molar-refractivity contribution is 8.04. The third-order valence-electron chi connectivity index (χ3n) is 3.29. The molecular formula is C18H28O2S. The van der Waals surface area contributed by atoms with Gasteiger partial charge >= 0.3 is 0 Å². The van der Waals surface area contributed by atoms with E-state index in [0.29, 0.717) is 6.61 Å². The van der Waals surface area contributed by atoms with E-state index in [1.165, 1.54) is 0 Å². The Labute approximate surface area is 133 Å². The molecule has 1 aromatic rings. The van der Waals surface area contributed by atoms with Crippen molar-refractivity contribution in [1.29, 1.82) is 0 Å². The van der Waals surface area contributed by atoms with Gasteiger partial charge in [0.25, 0.3) is 0 Å². The van der Waals surface area contributed by atoms with Gasteiger partial charge < -0.3 is 9.84 Å². The molecule has 1 rings (SSSR count). The maximum Gasteiger partial charge on any atom is 0.0869 e. The summed E-state index contributed by atoms with van der Waals surface area (Å²) in [5.41, 5.74) is 1.12. The first-order valence-electron chi connectivity index (χ1n) is 7.42. The molecule has 3 heteroatoms. The molecule has 0 fully saturated rings. The summed E-state index contributed by atoms with van der Waals surface area (Å²) in [6.07, 6.45) is -0.770. The maximum absolute atomic E-state index is 10.4. The van der Waals surface area contributed by atoms with E-state index < -0.39 is 6.10 Å². The molecular weight excluding hydrogens is 280 g/mol. The lowest BCUT2D eigenvalue weighted by molar-refractivity contribution is -0.0492. The predicted molar refractivity (Wildman–Crippen MR) is 92.3 cm³/mol. The van der Waals surface area contributed by atoms with Gasteiger partial charge in [0.1, 0.15) is 0 Å². The summed E-state index contributed by atoms with van der Waals surface area (Å²) < 4.78 is 5.90. The average Bonchev–Trinajstić information content (AvgIpc) is 2.42. The van der Waals surface area contributed by atoms with Crippen LogP contribution >= 0.6 is 11.8 Å². The van der Waals surface area contributed by atoms with Gasteiger partial charge in [0.05, 0.1) is 18.8 Å². The van der Waals surface area contributed by atoms with Crippen LogP contribution < -0.4 is 0 Å². The van der Waals surface area contributed by atoms with Gasteiger partial charge in [-0.05, 0) is 17.4 Å². The van der Waals surface area contributed by atoms with E-state index in [1.807, 2.05) is 44.2 Å². The highest BCUT2D eigenvalue weighted by atomic mass is 32.2.